The van der Waals surface area contributed by atoms with Gasteiger partial charge in [-0.25, -0.2) is 4.98 Å². The van der Waals surface area contributed by atoms with Crippen molar-refractivity contribution in [3.8, 4) is 5.75 Å². The van der Waals surface area contributed by atoms with Crippen LogP contribution in [0.15, 0.2) is 29.1 Å². The van der Waals surface area contributed by atoms with Crippen molar-refractivity contribution in [2.24, 2.45) is 0 Å². The third kappa shape index (κ3) is 3.52. The van der Waals surface area contributed by atoms with Crippen molar-refractivity contribution >= 4 is 39.5 Å². The number of benzene rings is 1. The summed E-state index contributed by atoms with van der Waals surface area (Å²) in [5, 5.41) is 3.19. The maximum absolute atomic E-state index is 12.7. The Balaban J connectivity index is 1.80. The first-order valence-electron chi connectivity index (χ1n) is 7.54. The molecule has 0 aliphatic heterocycles. The second-order valence-corrected chi connectivity index (χ2v) is 7.15. The highest BCUT2D eigenvalue weighted by Gasteiger charge is 2.16. The second kappa shape index (κ2) is 6.85. The van der Waals surface area contributed by atoms with Crippen LogP contribution in [-0.2, 0) is 4.79 Å². The number of ether oxygens (including phenoxy) is 1. The van der Waals surface area contributed by atoms with Gasteiger partial charge in [-0.1, -0.05) is 11.6 Å². The predicted molar refractivity (Wildman–Crippen MR) is 99.1 cm³/mol. The summed E-state index contributed by atoms with van der Waals surface area (Å²) in [6.07, 6.45) is 0. The molecule has 0 radical (unpaired) electrons. The van der Waals surface area contributed by atoms with E-state index in [0.29, 0.717) is 21.4 Å². The summed E-state index contributed by atoms with van der Waals surface area (Å²) >= 11 is 7.25. The number of nitrogens with zero attached hydrogens (tertiary/aromatic N) is 2. The number of thiazole rings is 1. The highest BCUT2D eigenvalue weighted by atomic mass is 35.5. The van der Waals surface area contributed by atoms with Crippen LogP contribution >= 0.6 is 22.9 Å². The number of fused-ring (bicyclic) bond motifs is 1. The number of nitrogens with one attached hydrogen (secondary N) is 1. The van der Waals surface area contributed by atoms with E-state index < -0.39 is 5.91 Å². The minimum atomic E-state index is -0.429. The molecule has 3 aromatic rings. The van der Waals surface area contributed by atoms with Crippen molar-refractivity contribution in [3.63, 3.8) is 0 Å². The fourth-order valence-corrected chi connectivity index (χ4v) is 3.47. The molecule has 0 unspecified atom stereocenters. The van der Waals surface area contributed by atoms with Crippen molar-refractivity contribution < 1.29 is 9.53 Å². The number of halogens is 1. The Labute approximate surface area is 153 Å². The number of rotatable bonds is 4. The van der Waals surface area contributed by atoms with Crippen molar-refractivity contribution in [1.29, 1.82) is 0 Å². The van der Waals surface area contributed by atoms with Gasteiger partial charge >= 0.3 is 0 Å². The summed E-state index contributed by atoms with van der Waals surface area (Å²) in [7, 11) is 0. The van der Waals surface area contributed by atoms with E-state index >= 15 is 0 Å². The molecule has 25 heavy (non-hydrogen) atoms. The molecule has 130 valence electrons. The van der Waals surface area contributed by atoms with Crippen LogP contribution in [0, 0.1) is 20.8 Å². The van der Waals surface area contributed by atoms with Crippen molar-refractivity contribution in [2.45, 2.75) is 20.8 Å². The average molecular weight is 378 g/mol. The maximum Gasteiger partial charge on any atom is 0.282 e. The summed E-state index contributed by atoms with van der Waals surface area (Å²) in [5.41, 5.74) is 1.18. The van der Waals surface area contributed by atoms with E-state index in [1.54, 1.807) is 31.2 Å². The lowest BCUT2D eigenvalue weighted by Crippen LogP contribution is -2.28. The van der Waals surface area contributed by atoms with Gasteiger partial charge in [0, 0.05) is 15.6 Å². The number of aromatic nitrogens is 2. The zero-order valence-electron chi connectivity index (χ0n) is 13.9. The minimum Gasteiger partial charge on any atom is -0.484 e. The molecule has 0 saturated heterocycles. The Bertz CT molecular complexity index is 1010. The van der Waals surface area contributed by atoms with Gasteiger partial charge in [0.2, 0.25) is 0 Å². The van der Waals surface area contributed by atoms with Crippen molar-refractivity contribution in [2.75, 3.05) is 11.9 Å². The summed E-state index contributed by atoms with van der Waals surface area (Å²) in [6, 6.07) is 6.68. The van der Waals surface area contributed by atoms with Crippen LogP contribution in [0.3, 0.4) is 0 Å². The lowest BCUT2D eigenvalue weighted by molar-refractivity contribution is -0.118. The number of hydrogen-bond acceptors (Lipinski definition) is 5. The molecule has 1 N–H and O–H groups in total. The van der Waals surface area contributed by atoms with Crippen molar-refractivity contribution in [1.82, 2.24) is 9.38 Å². The molecular weight excluding hydrogens is 362 g/mol. The Morgan fingerprint density at radius 2 is 1.96 bits per heavy atom. The lowest BCUT2D eigenvalue weighted by atomic mass is 10.3. The first-order chi connectivity index (χ1) is 11.9. The third-order valence-corrected chi connectivity index (χ3v) is 5.08. The Kier molecular flexibility index (Phi) is 4.78. The minimum absolute atomic E-state index is 0.170. The fourth-order valence-electron chi connectivity index (χ4n) is 2.33. The standard InChI is InChI=1S/C17H16ClN3O3S/c1-9-15(16(23)21-10(2)11(3)25-17(21)19-9)20-14(22)8-24-13-6-4-12(18)5-7-13/h4-7H,8H2,1-3H3,(H,20,22). The largest absolute Gasteiger partial charge is 0.484 e. The average Bonchev–Trinajstić information content (AvgIpc) is 2.85. The number of hydrogen-bond donors (Lipinski definition) is 1. The quantitative estimate of drug-likeness (QED) is 0.756. The zero-order chi connectivity index (χ0) is 18.1. The molecule has 0 bridgehead atoms. The molecule has 0 aliphatic rings. The van der Waals surface area contributed by atoms with Crippen molar-refractivity contribution in [3.05, 3.63) is 55.9 Å². The monoisotopic (exact) mass is 377 g/mol. The number of aryl methyl sites for hydroxylation is 3. The van der Waals surface area contributed by atoms with E-state index in [1.807, 2.05) is 13.8 Å². The highest BCUT2D eigenvalue weighted by Crippen LogP contribution is 2.21. The van der Waals surface area contributed by atoms with E-state index in [1.165, 1.54) is 15.7 Å². The Morgan fingerprint density at radius 1 is 1.28 bits per heavy atom. The van der Waals surface area contributed by atoms with Crippen LogP contribution in [-0.4, -0.2) is 21.9 Å². The van der Waals surface area contributed by atoms with Gasteiger partial charge in [0.1, 0.15) is 11.4 Å². The summed E-state index contributed by atoms with van der Waals surface area (Å²) < 4.78 is 6.91. The van der Waals surface area contributed by atoms with Crippen LogP contribution in [0.25, 0.3) is 4.96 Å². The Morgan fingerprint density at radius 3 is 2.64 bits per heavy atom. The molecule has 1 aromatic carbocycles. The molecule has 0 aliphatic carbocycles. The molecule has 0 fully saturated rings. The molecule has 2 heterocycles. The van der Waals surface area contributed by atoms with E-state index in [4.69, 9.17) is 16.3 Å². The van der Waals surface area contributed by atoms with Crippen LogP contribution in [0.1, 0.15) is 16.3 Å². The molecule has 0 atom stereocenters. The molecule has 3 rings (SSSR count). The van der Waals surface area contributed by atoms with E-state index in [9.17, 15) is 9.59 Å². The Hall–Kier alpha value is -2.38. The smallest absolute Gasteiger partial charge is 0.282 e. The number of carbonyl (C=O) groups excluding carboxylic acids is 1. The number of anilines is 1. The van der Waals surface area contributed by atoms with Crippen LogP contribution in [0.5, 0.6) is 5.75 Å². The molecule has 2 aromatic heterocycles. The molecule has 1 amide bonds. The van der Waals surface area contributed by atoms with Crippen LogP contribution in [0.4, 0.5) is 5.69 Å². The zero-order valence-corrected chi connectivity index (χ0v) is 15.5. The third-order valence-electron chi connectivity index (χ3n) is 3.77. The summed E-state index contributed by atoms with van der Waals surface area (Å²) in [5.74, 6) is 0.0902. The van der Waals surface area contributed by atoms with Gasteiger partial charge < -0.3 is 10.1 Å². The topological polar surface area (TPSA) is 72.7 Å². The number of amides is 1. The van der Waals surface area contributed by atoms with Gasteiger partial charge in [0.05, 0.1) is 5.69 Å². The summed E-state index contributed by atoms with van der Waals surface area (Å²) in [4.78, 5) is 30.9. The van der Waals surface area contributed by atoms with E-state index in [2.05, 4.69) is 10.3 Å². The van der Waals surface area contributed by atoms with Gasteiger partial charge in [0.25, 0.3) is 11.5 Å². The van der Waals surface area contributed by atoms with Gasteiger partial charge in [-0.15, -0.1) is 11.3 Å². The number of carbonyl (C=O) groups is 1. The molecule has 0 spiro atoms. The first-order valence-corrected chi connectivity index (χ1v) is 8.74. The highest BCUT2D eigenvalue weighted by molar-refractivity contribution is 7.17. The molecular formula is C17H16ClN3O3S. The van der Waals surface area contributed by atoms with E-state index in [0.717, 1.165) is 10.6 Å². The van der Waals surface area contributed by atoms with Gasteiger partial charge in [-0.3, -0.25) is 14.0 Å². The first kappa shape index (κ1) is 17.4. The normalized spacial score (nSPS) is 10.9. The maximum atomic E-state index is 12.7. The van der Waals surface area contributed by atoms with Gasteiger partial charge in [-0.2, -0.15) is 0 Å². The molecule has 0 saturated carbocycles. The molecule has 6 nitrogen and oxygen atoms in total. The van der Waals surface area contributed by atoms with Gasteiger partial charge in [-0.05, 0) is 45.0 Å². The lowest BCUT2D eigenvalue weighted by Gasteiger charge is -2.09. The van der Waals surface area contributed by atoms with Gasteiger partial charge in [0.15, 0.2) is 11.6 Å². The summed E-state index contributed by atoms with van der Waals surface area (Å²) in [6.45, 7) is 5.26. The SMILES string of the molecule is Cc1nc2sc(C)c(C)n2c(=O)c1NC(=O)COc1ccc(Cl)cc1. The molecule has 8 heteroatoms. The van der Waals surface area contributed by atoms with Crippen LogP contribution < -0.4 is 15.6 Å². The van der Waals surface area contributed by atoms with E-state index in [-0.39, 0.29) is 17.9 Å². The van der Waals surface area contributed by atoms with Crippen LogP contribution in [0.2, 0.25) is 5.02 Å². The second-order valence-electron chi connectivity index (χ2n) is 5.53. The fraction of sp³-hybridized carbons (Fsp3) is 0.235. The predicted octanol–water partition coefficient (Wildman–Crippen LogP) is 3.35.